The highest BCUT2D eigenvalue weighted by atomic mass is 32.1. The summed E-state index contributed by atoms with van der Waals surface area (Å²) in [6.45, 7) is 2.66. The topological polar surface area (TPSA) is 65.0 Å². The van der Waals surface area contributed by atoms with E-state index in [2.05, 4.69) is 0 Å². The summed E-state index contributed by atoms with van der Waals surface area (Å²) in [6, 6.07) is 6.61. The van der Waals surface area contributed by atoms with Crippen LogP contribution >= 0.6 is 11.3 Å². The Kier molecular flexibility index (Phi) is 5.80. The van der Waals surface area contributed by atoms with Crippen molar-refractivity contribution in [1.82, 2.24) is 0 Å². The molecule has 1 aromatic carbocycles. The Balaban J connectivity index is 2.13. The fourth-order valence-electron chi connectivity index (χ4n) is 1.89. The predicted molar refractivity (Wildman–Crippen MR) is 84.0 cm³/mol. The van der Waals surface area contributed by atoms with Gasteiger partial charge < -0.3 is 19.3 Å². The predicted octanol–water partition coefficient (Wildman–Crippen LogP) is 3.44. The lowest BCUT2D eigenvalue weighted by Crippen LogP contribution is -2.18. The number of hydrogen-bond donors (Lipinski definition) is 1. The molecule has 6 heteroatoms. The number of rotatable bonds is 8. The van der Waals surface area contributed by atoms with Gasteiger partial charge in [0, 0.05) is 13.2 Å². The zero-order chi connectivity index (χ0) is 15.9. The highest BCUT2D eigenvalue weighted by Gasteiger charge is 2.11. The van der Waals surface area contributed by atoms with Crippen molar-refractivity contribution in [2.75, 3.05) is 13.7 Å². The Morgan fingerprint density at radius 3 is 2.73 bits per heavy atom. The maximum absolute atomic E-state index is 11.2. The van der Waals surface area contributed by atoms with E-state index >= 15 is 0 Å². The molecule has 0 aliphatic rings. The van der Waals surface area contributed by atoms with Gasteiger partial charge in [-0.15, -0.1) is 0 Å². The Morgan fingerprint density at radius 1 is 1.32 bits per heavy atom. The Morgan fingerprint density at radius 2 is 2.09 bits per heavy atom. The highest BCUT2D eigenvalue weighted by molar-refractivity contribution is 7.07. The molecule has 1 N–H and O–H groups in total. The van der Waals surface area contributed by atoms with Crippen LogP contribution in [0.1, 0.15) is 22.8 Å². The van der Waals surface area contributed by atoms with E-state index in [0.29, 0.717) is 24.7 Å². The molecule has 1 aromatic heterocycles. The highest BCUT2D eigenvalue weighted by Crippen LogP contribution is 2.25. The maximum atomic E-state index is 11.2. The summed E-state index contributed by atoms with van der Waals surface area (Å²) in [5.74, 6) is -0.110. The first-order chi connectivity index (χ1) is 10.6. The quantitative estimate of drug-likeness (QED) is 0.806. The molecule has 0 radical (unpaired) electrons. The largest absolute Gasteiger partial charge is 0.489 e. The monoisotopic (exact) mass is 322 g/mol. The number of carbonyl (C=O) groups is 1. The number of benzene rings is 1. The Labute approximate surface area is 133 Å². The molecule has 22 heavy (non-hydrogen) atoms. The van der Waals surface area contributed by atoms with E-state index in [0.717, 1.165) is 5.56 Å². The van der Waals surface area contributed by atoms with Gasteiger partial charge in [-0.2, -0.15) is 11.3 Å². The van der Waals surface area contributed by atoms with Gasteiger partial charge in [0.15, 0.2) is 0 Å². The summed E-state index contributed by atoms with van der Waals surface area (Å²) in [5.41, 5.74) is 1.17. The van der Waals surface area contributed by atoms with E-state index in [9.17, 15) is 9.90 Å². The van der Waals surface area contributed by atoms with Crippen LogP contribution in [-0.2, 0) is 11.3 Å². The first-order valence-electron chi connectivity index (χ1n) is 6.76. The van der Waals surface area contributed by atoms with E-state index in [-0.39, 0.29) is 11.7 Å². The zero-order valence-electron chi connectivity index (χ0n) is 12.4. The van der Waals surface area contributed by atoms with Crippen LogP contribution in [0, 0.1) is 0 Å². The fourth-order valence-corrected chi connectivity index (χ4v) is 2.54. The minimum Gasteiger partial charge on any atom is -0.489 e. The van der Waals surface area contributed by atoms with Crippen molar-refractivity contribution < 1.29 is 24.1 Å². The van der Waals surface area contributed by atoms with E-state index in [1.54, 1.807) is 24.5 Å². The minimum absolute atomic E-state index is 0.127. The van der Waals surface area contributed by atoms with Crippen molar-refractivity contribution >= 4 is 17.3 Å². The Hall–Kier alpha value is -2.05. The number of aromatic carboxylic acids is 1. The van der Waals surface area contributed by atoms with Gasteiger partial charge in [-0.1, -0.05) is 0 Å². The van der Waals surface area contributed by atoms with E-state index < -0.39 is 5.97 Å². The average molecular weight is 322 g/mol. The lowest BCUT2D eigenvalue weighted by molar-refractivity contribution is 0.0693. The number of hydrogen-bond acceptors (Lipinski definition) is 5. The summed E-state index contributed by atoms with van der Waals surface area (Å²) in [5, 5.41) is 13.1. The molecule has 0 unspecified atom stereocenters. The van der Waals surface area contributed by atoms with Gasteiger partial charge in [0.25, 0.3) is 0 Å². The standard InChI is InChI=1S/C16H18O5S/c1-11(8-19-2)21-15-6-13(16(17)18)5-14(7-15)20-9-12-3-4-22-10-12/h3-7,10-11H,8-9H2,1-2H3,(H,17,18)/t11-/m0/s1. The third kappa shape index (κ3) is 4.75. The normalized spacial score (nSPS) is 11.9. The molecular weight excluding hydrogens is 304 g/mol. The van der Waals surface area contributed by atoms with Gasteiger partial charge in [0.1, 0.15) is 24.2 Å². The third-order valence-electron chi connectivity index (χ3n) is 2.85. The second kappa shape index (κ2) is 7.82. The molecule has 0 saturated carbocycles. The lowest BCUT2D eigenvalue weighted by atomic mass is 10.2. The molecule has 0 aliphatic heterocycles. The average Bonchev–Trinajstić information content (AvgIpc) is 2.98. The van der Waals surface area contributed by atoms with E-state index in [1.807, 2.05) is 23.8 Å². The molecule has 1 heterocycles. The van der Waals surface area contributed by atoms with Crippen LogP contribution in [0.3, 0.4) is 0 Å². The second-order valence-electron chi connectivity index (χ2n) is 4.80. The first-order valence-corrected chi connectivity index (χ1v) is 7.70. The van der Waals surface area contributed by atoms with Crippen LogP contribution in [0.5, 0.6) is 11.5 Å². The SMILES string of the molecule is COC[C@H](C)Oc1cc(OCc2ccsc2)cc(C(=O)O)c1. The number of carboxylic acids is 1. The van der Waals surface area contributed by atoms with Gasteiger partial charge >= 0.3 is 5.97 Å². The van der Waals surface area contributed by atoms with Crippen molar-refractivity contribution in [2.45, 2.75) is 19.6 Å². The smallest absolute Gasteiger partial charge is 0.335 e. The molecule has 0 saturated heterocycles. The van der Waals surface area contributed by atoms with Gasteiger partial charge in [-0.05, 0) is 41.4 Å². The van der Waals surface area contributed by atoms with E-state index in [1.165, 1.54) is 12.1 Å². The summed E-state index contributed by atoms with van der Waals surface area (Å²) < 4.78 is 16.3. The number of methoxy groups -OCH3 is 1. The molecule has 0 aliphatic carbocycles. The zero-order valence-corrected chi connectivity index (χ0v) is 13.3. The molecule has 118 valence electrons. The van der Waals surface area contributed by atoms with Crippen molar-refractivity contribution in [2.24, 2.45) is 0 Å². The minimum atomic E-state index is -1.02. The van der Waals surface area contributed by atoms with Crippen LogP contribution in [0.25, 0.3) is 0 Å². The molecule has 0 amide bonds. The second-order valence-corrected chi connectivity index (χ2v) is 5.58. The summed E-state index contributed by atoms with van der Waals surface area (Å²) in [7, 11) is 1.59. The number of thiophene rings is 1. The molecule has 1 atom stereocenters. The maximum Gasteiger partial charge on any atom is 0.335 e. The summed E-state index contributed by atoms with van der Waals surface area (Å²) in [4.78, 5) is 11.2. The van der Waals surface area contributed by atoms with Gasteiger partial charge in [0.05, 0.1) is 12.2 Å². The van der Waals surface area contributed by atoms with Crippen molar-refractivity contribution in [3.8, 4) is 11.5 Å². The van der Waals surface area contributed by atoms with Crippen molar-refractivity contribution in [3.05, 3.63) is 46.2 Å². The van der Waals surface area contributed by atoms with Crippen LogP contribution in [-0.4, -0.2) is 30.9 Å². The van der Waals surface area contributed by atoms with Gasteiger partial charge in [-0.25, -0.2) is 4.79 Å². The Bertz CT molecular complexity index is 609. The summed E-state index contributed by atoms with van der Waals surface area (Å²) >= 11 is 1.59. The van der Waals surface area contributed by atoms with E-state index in [4.69, 9.17) is 14.2 Å². The summed E-state index contributed by atoms with van der Waals surface area (Å²) in [6.07, 6.45) is -0.182. The number of carboxylic acid groups (broad SMARTS) is 1. The van der Waals surface area contributed by atoms with Crippen molar-refractivity contribution in [1.29, 1.82) is 0 Å². The molecule has 2 rings (SSSR count). The van der Waals surface area contributed by atoms with Gasteiger partial charge in [-0.3, -0.25) is 0 Å². The van der Waals surface area contributed by atoms with Crippen LogP contribution in [0.4, 0.5) is 0 Å². The number of ether oxygens (including phenoxy) is 3. The molecule has 0 spiro atoms. The first kappa shape index (κ1) is 16.3. The molecule has 0 fully saturated rings. The fraction of sp³-hybridized carbons (Fsp3) is 0.312. The van der Waals surface area contributed by atoms with Crippen LogP contribution in [0.15, 0.2) is 35.0 Å². The lowest BCUT2D eigenvalue weighted by Gasteiger charge is -2.15. The molecule has 2 aromatic rings. The van der Waals surface area contributed by atoms with Crippen LogP contribution < -0.4 is 9.47 Å². The molecular formula is C16H18O5S. The molecule has 0 bridgehead atoms. The van der Waals surface area contributed by atoms with Gasteiger partial charge in [0.2, 0.25) is 0 Å². The molecule has 5 nitrogen and oxygen atoms in total. The van der Waals surface area contributed by atoms with Crippen LogP contribution in [0.2, 0.25) is 0 Å². The van der Waals surface area contributed by atoms with Crippen molar-refractivity contribution in [3.63, 3.8) is 0 Å². The third-order valence-corrected chi connectivity index (χ3v) is 3.58.